The maximum Gasteiger partial charge on any atom is 0.326 e. The minimum absolute atomic E-state index is 0.106. The van der Waals surface area contributed by atoms with Crippen molar-refractivity contribution < 1.29 is 4.79 Å². The maximum absolute atomic E-state index is 11.7. The Morgan fingerprint density at radius 3 is 2.75 bits per heavy atom. The highest BCUT2D eigenvalue weighted by Crippen LogP contribution is 2.35. The van der Waals surface area contributed by atoms with Crippen LogP contribution in [0.4, 0.5) is 4.79 Å². The minimum Gasteiger partial charge on any atom is -0.336 e. The van der Waals surface area contributed by atoms with E-state index in [0.717, 1.165) is 12.8 Å². The number of imidazole rings is 1. The molecule has 1 aromatic heterocycles. The van der Waals surface area contributed by atoms with Crippen LogP contribution in [0.5, 0.6) is 0 Å². The molecule has 1 amide bonds. The summed E-state index contributed by atoms with van der Waals surface area (Å²) in [6.07, 6.45) is 8.33. The van der Waals surface area contributed by atoms with Crippen molar-refractivity contribution in [2.24, 2.45) is 0 Å². The number of carbonyl (C=O) groups is 1. The number of aromatic nitrogens is 2. The molecule has 0 bridgehead atoms. The molecule has 1 heterocycles. The molecule has 1 fully saturated rings. The van der Waals surface area contributed by atoms with Crippen molar-refractivity contribution >= 4 is 6.03 Å². The summed E-state index contributed by atoms with van der Waals surface area (Å²) < 4.78 is 1.46. The summed E-state index contributed by atoms with van der Waals surface area (Å²) in [5, 5.41) is 2.95. The average Bonchev–Trinajstić information content (AvgIpc) is 2.67. The second-order valence-electron chi connectivity index (χ2n) is 4.60. The molecule has 1 N–H and O–H groups in total. The van der Waals surface area contributed by atoms with Gasteiger partial charge in [-0.15, -0.1) is 0 Å². The van der Waals surface area contributed by atoms with E-state index in [1.807, 2.05) is 0 Å². The van der Waals surface area contributed by atoms with Crippen LogP contribution in [0, 0.1) is 0 Å². The summed E-state index contributed by atoms with van der Waals surface area (Å²) in [5.41, 5.74) is 0.163. The van der Waals surface area contributed by atoms with E-state index in [1.54, 1.807) is 12.4 Å². The zero-order chi connectivity index (χ0) is 11.6. The van der Waals surface area contributed by atoms with Crippen molar-refractivity contribution in [1.29, 1.82) is 0 Å². The van der Waals surface area contributed by atoms with Gasteiger partial charge in [0.15, 0.2) is 0 Å². The maximum atomic E-state index is 11.7. The molecule has 0 aromatic carbocycles. The molecular formula is C11H18N4O. The molecule has 0 unspecified atom stereocenters. The van der Waals surface area contributed by atoms with Crippen molar-refractivity contribution in [3.05, 3.63) is 18.7 Å². The monoisotopic (exact) mass is 222 g/mol. The first-order valence-corrected chi connectivity index (χ1v) is 5.58. The molecule has 5 heteroatoms. The second-order valence-corrected chi connectivity index (χ2v) is 4.60. The lowest BCUT2D eigenvalue weighted by molar-refractivity contribution is 0.0625. The van der Waals surface area contributed by atoms with Crippen molar-refractivity contribution in [2.45, 2.75) is 24.8 Å². The van der Waals surface area contributed by atoms with Crippen LogP contribution in [0.15, 0.2) is 18.7 Å². The van der Waals surface area contributed by atoms with Gasteiger partial charge in [-0.25, -0.2) is 9.78 Å². The third-order valence-electron chi connectivity index (χ3n) is 3.54. The van der Waals surface area contributed by atoms with Crippen LogP contribution < -0.4 is 5.32 Å². The fourth-order valence-corrected chi connectivity index (χ4v) is 2.08. The Balaban J connectivity index is 1.90. The average molecular weight is 222 g/mol. The Morgan fingerprint density at radius 2 is 2.31 bits per heavy atom. The number of hydrogen-bond acceptors (Lipinski definition) is 3. The fourth-order valence-electron chi connectivity index (χ4n) is 2.08. The van der Waals surface area contributed by atoms with Gasteiger partial charge in [-0.1, -0.05) is 0 Å². The SMILES string of the molecule is CN(C)C1(CNC(=O)n2ccnc2)CCC1. The van der Waals surface area contributed by atoms with Gasteiger partial charge in [-0.3, -0.25) is 4.57 Å². The van der Waals surface area contributed by atoms with E-state index in [2.05, 4.69) is 29.3 Å². The Labute approximate surface area is 95.5 Å². The molecule has 1 aromatic rings. The molecule has 0 radical (unpaired) electrons. The minimum atomic E-state index is -0.106. The first-order valence-electron chi connectivity index (χ1n) is 5.58. The summed E-state index contributed by atoms with van der Waals surface area (Å²) in [7, 11) is 4.14. The largest absolute Gasteiger partial charge is 0.336 e. The summed E-state index contributed by atoms with van der Waals surface area (Å²) >= 11 is 0. The lowest BCUT2D eigenvalue weighted by Gasteiger charge is -2.47. The van der Waals surface area contributed by atoms with Gasteiger partial charge >= 0.3 is 6.03 Å². The molecule has 0 spiro atoms. The molecule has 5 nitrogen and oxygen atoms in total. The molecular weight excluding hydrogens is 204 g/mol. The van der Waals surface area contributed by atoms with Gasteiger partial charge in [0.25, 0.3) is 0 Å². The summed E-state index contributed by atoms with van der Waals surface area (Å²) in [6.45, 7) is 0.705. The van der Waals surface area contributed by atoms with Gasteiger partial charge in [0.05, 0.1) is 0 Å². The molecule has 0 saturated heterocycles. The number of amides is 1. The molecule has 16 heavy (non-hydrogen) atoms. The van der Waals surface area contributed by atoms with E-state index in [1.165, 1.54) is 17.3 Å². The van der Waals surface area contributed by atoms with Crippen LogP contribution in [-0.2, 0) is 0 Å². The number of nitrogens with one attached hydrogen (secondary N) is 1. The third-order valence-corrected chi connectivity index (χ3v) is 3.54. The predicted molar refractivity (Wildman–Crippen MR) is 61.3 cm³/mol. The molecule has 0 aliphatic heterocycles. The van der Waals surface area contributed by atoms with Crippen LogP contribution in [0.1, 0.15) is 19.3 Å². The molecule has 1 aliphatic rings. The second kappa shape index (κ2) is 4.25. The first kappa shape index (κ1) is 11.1. The van der Waals surface area contributed by atoms with Crippen LogP contribution in [0.25, 0.3) is 0 Å². The normalized spacial score (nSPS) is 18.2. The zero-order valence-electron chi connectivity index (χ0n) is 9.81. The summed E-state index contributed by atoms with van der Waals surface area (Å²) in [6, 6.07) is -0.106. The summed E-state index contributed by atoms with van der Waals surface area (Å²) in [5.74, 6) is 0. The Hall–Kier alpha value is -1.36. The standard InChI is InChI=1S/C11H18N4O/c1-14(2)11(4-3-5-11)8-13-10(16)15-7-6-12-9-15/h6-7,9H,3-5,8H2,1-2H3,(H,13,16). The molecule has 1 saturated carbocycles. The highest BCUT2D eigenvalue weighted by molar-refractivity contribution is 5.76. The summed E-state index contributed by atoms with van der Waals surface area (Å²) in [4.78, 5) is 17.8. The van der Waals surface area contributed by atoms with Crippen molar-refractivity contribution in [3.63, 3.8) is 0 Å². The third kappa shape index (κ3) is 1.95. The van der Waals surface area contributed by atoms with Crippen LogP contribution in [0.2, 0.25) is 0 Å². The number of likely N-dealkylation sites (N-methyl/N-ethyl adjacent to an activating group) is 1. The van der Waals surface area contributed by atoms with E-state index in [-0.39, 0.29) is 11.6 Å². The Kier molecular flexibility index (Phi) is 2.96. The number of hydrogen-bond donors (Lipinski definition) is 1. The van der Waals surface area contributed by atoms with E-state index in [4.69, 9.17) is 0 Å². The fraction of sp³-hybridized carbons (Fsp3) is 0.636. The predicted octanol–water partition coefficient (Wildman–Crippen LogP) is 0.925. The highest BCUT2D eigenvalue weighted by atomic mass is 16.2. The number of carbonyl (C=O) groups excluding carboxylic acids is 1. The van der Waals surface area contributed by atoms with E-state index >= 15 is 0 Å². The molecule has 2 rings (SSSR count). The van der Waals surface area contributed by atoms with Crippen molar-refractivity contribution in [3.8, 4) is 0 Å². The van der Waals surface area contributed by atoms with Gasteiger partial charge in [-0.2, -0.15) is 0 Å². The molecule has 88 valence electrons. The van der Waals surface area contributed by atoms with Gasteiger partial charge in [-0.05, 0) is 33.4 Å². The van der Waals surface area contributed by atoms with E-state index < -0.39 is 0 Å². The molecule has 0 atom stereocenters. The van der Waals surface area contributed by atoms with Gasteiger partial charge < -0.3 is 10.2 Å². The van der Waals surface area contributed by atoms with E-state index in [0.29, 0.717) is 6.54 Å². The topological polar surface area (TPSA) is 50.2 Å². The highest BCUT2D eigenvalue weighted by Gasteiger charge is 2.39. The number of rotatable bonds is 3. The van der Waals surface area contributed by atoms with Crippen LogP contribution in [0.3, 0.4) is 0 Å². The lowest BCUT2D eigenvalue weighted by atomic mass is 9.75. The lowest BCUT2D eigenvalue weighted by Crippen LogP contribution is -2.57. The number of nitrogens with zero attached hydrogens (tertiary/aromatic N) is 3. The quantitative estimate of drug-likeness (QED) is 0.827. The Bertz CT molecular complexity index is 354. The van der Waals surface area contributed by atoms with Gasteiger partial charge in [0, 0.05) is 24.5 Å². The van der Waals surface area contributed by atoms with Crippen LogP contribution >= 0.6 is 0 Å². The zero-order valence-corrected chi connectivity index (χ0v) is 9.81. The van der Waals surface area contributed by atoms with Gasteiger partial charge in [0.2, 0.25) is 0 Å². The van der Waals surface area contributed by atoms with Crippen LogP contribution in [-0.4, -0.2) is 46.7 Å². The smallest absolute Gasteiger partial charge is 0.326 e. The molecule has 1 aliphatic carbocycles. The van der Waals surface area contributed by atoms with Crippen molar-refractivity contribution in [1.82, 2.24) is 19.8 Å². The van der Waals surface area contributed by atoms with Crippen molar-refractivity contribution in [2.75, 3.05) is 20.6 Å². The Morgan fingerprint density at radius 1 is 1.56 bits per heavy atom. The van der Waals surface area contributed by atoms with Gasteiger partial charge in [0.1, 0.15) is 6.33 Å². The first-order chi connectivity index (χ1) is 7.64. The van der Waals surface area contributed by atoms with E-state index in [9.17, 15) is 4.79 Å².